The lowest BCUT2D eigenvalue weighted by molar-refractivity contribution is -0.164. The first kappa shape index (κ1) is 23.7. The Bertz CT molecular complexity index is 1140. The minimum atomic E-state index is -1.23. The van der Waals surface area contributed by atoms with Gasteiger partial charge in [0.2, 0.25) is 12.3 Å². The summed E-state index contributed by atoms with van der Waals surface area (Å²) in [6.07, 6.45) is -0.465. The van der Waals surface area contributed by atoms with Crippen molar-refractivity contribution in [1.82, 2.24) is 4.90 Å². The number of benzene rings is 3. The molecule has 1 amide bonds. The monoisotopic (exact) mass is 459 g/mol. The highest BCUT2D eigenvalue weighted by atomic mass is 16.6. The maximum absolute atomic E-state index is 13.0. The summed E-state index contributed by atoms with van der Waals surface area (Å²) in [5.74, 6) is -0.552. The SMILES string of the molecule is Cc1ccc(C(=O)OCc2ccc(CC(=O)N3C(O)OC[C@H]3Cc3ccccc3)cc2)c(C)c1. The Morgan fingerprint density at radius 1 is 0.971 bits per heavy atom. The fourth-order valence-corrected chi connectivity index (χ4v) is 4.20. The van der Waals surface area contributed by atoms with Crippen molar-refractivity contribution in [2.24, 2.45) is 0 Å². The fraction of sp³-hybridized carbons (Fsp3) is 0.286. The molecular weight excluding hydrogens is 430 g/mol. The Morgan fingerprint density at radius 2 is 1.68 bits per heavy atom. The zero-order valence-corrected chi connectivity index (χ0v) is 19.4. The minimum absolute atomic E-state index is 0.147. The first-order chi connectivity index (χ1) is 16.4. The van der Waals surface area contributed by atoms with E-state index >= 15 is 0 Å². The van der Waals surface area contributed by atoms with Crippen LogP contribution in [0.25, 0.3) is 0 Å². The molecule has 0 aliphatic carbocycles. The standard InChI is InChI=1S/C28H29NO5/c1-19-8-13-25(20(2)14-19)27(31)33-17-23-11-9-22(10-12-23)16-26(30)29-24(18-34-28(29)32)15-21-6-4-3-5-7-21/h3-14,24,28,32H,15-18H2,1-2H3/t24-,28?/m1/s1. The summed E-state index contributed by atoms with van der Waals surface area (Å²) in [7, 11) is 0. The molecular formula is C28H29NO5. The van der Waals surface area contributed by atoms with Gasteiger partial charge in [-0.2, -0.15) is 0 Å². The van der Waals surface area contributed by atoms with E-state index in [-0.39, 0.29) is 30.9 Å². The number of rotatable bonds is 7. The molecule has 1 N–H and O–H groups in total. The molecule has 6 nitrogen and oxygen atoms in total. The van der Waals surface area contributed by atoms with Gasteiger partial charge in [-0.3, -0.25) is 9.69 Å². The highest BCUT2D eigenvalue weighted by Crippen LogP contribution is 2.21. The third-order valence-electron chi connectivity index (χ3n) is 6.02. The van der Waals surface area contributed by atoms with Gasteiger partial charge in [-0.25, -0.2) is 4.79 Å². The van der Waals surface area contributed by atoms with Crippen LogP contribution >= 0.6 is 0 Å². The molecule has 1 saturated heterocycles. The topological polar surface area (TPSA) is 76.1 Å². The number of aliphatic hydroxyl groups is 1. The number of carbonyl (C=O) groups excluding carboxylic acids is 2. The van der Waals surface area contributed by atoms with Gasteiger partial charge < -0.3 is 14.6 Å². The van der Waals surface area contributed by atoms with Crippen molar-refractivity contribution in [2.45, 2.75) is 45.8 Å². The van der Waals surface area contributed by atoms with Crippen LogP contribution in [0, 0.1) is 13.8 Å². The molecule has 1 aliphatic rings. The van der Waals surface area contributed by atoms with Gasteiger partial charge in [-0.1, -0.05) is 72.3 Å². The lowest BCUT2D eigenvalue weighted by Crippen LogP contribution is -2.43. The van der Waals surface area contributed by atoms with Crippen molar-refractivity contribution in [3.05, 3.63) is 106 Å². The van der Waals surface area contributed by atoms with Crippen molar-refractivity contribution in [1.29, 1.82) is 0 Å². The molecule has 0 saturated carbocycles. The van der Waals surface area contributed by atoms with Crippen molar-refractivity contribution in [3.63, 3.8) is 0 Å². The zero-order valence-electron chi connectivity index (χ0n) is 19.4. The van der Waals surface area contributed by atoms with Gasteiger partial charge in [0.15, 0.2) is 0 Å². The number of carbonyl (C=O) groups is 2. The van der Waals surface area contributed by atoms with Gasteiger partial charge >= 0.3 is 5.97 Å². The first-order valence-corrected chi connectivity index (χ1v) is 11.4. The Labute approximate surface area is 199 Å². The van der Waals surface area contributed by atoms with Crippen molar-refractivity contribution >= 4 is 11.9 Å². The minimum Gasteiger partial charge on any atom is -0.457 e. The van der Waals surface area contributed by atoms with Gasteiger partial charge in [0.1, 0.15) is 6.61 Å². The third kappa shape index (κ3) is 5.71. The highest BCUT2D eigenvalue weighted by Gasteiger charge is 2.36. The van der Waals surface area contributed by atoms with E-state index in [0.717, 1.165) is 27.8 Å². The molecule has 3 aromatic carbocycles. The molecule has 2 atom stereocenters. The molecule has 1 unspecified atom stereocenters. The molecule has 1 aliphatic heterocycles. The van der Waals surface area contributed by atoms with Gasteiger partial charge in [-0.15, -0.1) is 0 Å². The van der Waals surface area contributed by atoms with Gasteiger partial charge in [-0.05, 0) is 48.6 Å². The second-order valence-electron chi connectivity index (χ2n) is 8.69. The molecule has 0 radical (unpaired) electrons. The van der Waals surface area contributed by atoms with Crippen LogP contribution in [0.3, 0.4) is 0 Å². The number of esters is 1. The average molecular weight is 460 g/mol. The van der Waals surface area contributed by atoms with Crippen LogP contribution in [0.2, 0.25) is 0 Å². The smallest absolute Gasteiger partial charge is 0.338 e. The molecule has 0 spiro atoms. The zero-order chi connectivity index (χ0) is 24.1. The van der Waals surface area contributed by atoms with E-state index in [2.05, 4.69) is 0 Å². The molecule has 6 heteroatoms. The summed E-state index contributed by atoms with van der Waals surface area (Å²) in [5.41, 5.74) is 5.27. The van der Waals surface area contributed by atoms with E-state index in [1.165, 1.54) is 4.90 Å². The molecule has 1 fully saturated rings. The van der Waals surface area contributed by atoms with E-state index < -0.39 is 6.41 Å². The van der Waals surface area contributed by atoms with E-state index in [9.17, 15) is 14.7 Å². The van der Waals surface area contributed by atoms with Crippen LogP contribution in [0.1, 0.15) is 38.2 Å². The molecule has 3 aromatic rings. The Kier molecular flexibility index (Phi) is 7.40. The summed E-state index contributed by atoms with van der Waals surface area (Å²) in [6.45, 7) is 4.32. The summed E-state index contributed by atoms with van der Waals surface area (Å²) in [6, 6.07) is 22.6. The summed E-state index contributed by atoms with van der Waals surface area (Å²) in [5, 5.41) is 10.2. The largest absolute Gasteiger partial charge is 0.457 e. The number of aliphatic hydroxyl groups excluding tert-OH is 1. The Balaban J connectivity index is 1.33. The number of hydrogen-bond acceptors (Lipinski definition) is 5. The molecule has 0 aromatic heterocycles. The molecule has 0 bridgehead atoms. The van der Waals surface area contributed by atoms with Crippen LogP contribution in [-0.2, 0) is 33.7 Å². The molecule has 176 valence electrons. The fourth-order valence-electron chi connectivity index (χ4n) is 4.20. The molecule has 1 heterocycles. The lowest BCUT2D eigenvalue weighted by Gasteiger charge is -2.25. The highest BCUT2D eigenvalue weighted by molar-refractivity contribution is 5.91. The summed E-state index contributed by atoms with van der Waals surface area (Å²) < 4.78 is 10.8. The predicted molar refractivity (Wildman–Crippen MR) is 128 cm³/mol. The van der Waals surface area contributed by atoms with Crippen LogP contribution in [0.4, 0.5) is 0 Å². The normalized spacial score (nSPS) is 17.6. The Morgan fingerprint density at radius 3 is 2.38 bits per heavy atom. The third-order valence-corrected chi connectivity index (χ3v) is 6.02. The maximum atomic E-state index is 13.0. The number of aryl methyl sites for hydroxylation is 2. The lowest BCUT2D eigenvalue weighted by atomic mass is 10.0. The van der Waals surface area contributed by atoms with Crippen LogP contribution < -0.4 is 0 Å². The summed E-state index contributed by atoms with van der Waals surface area (Å²) >= 11 is 0. The van der Waals surface area contributed by atoms with Gasteiger partial charge in [0.25, 0.3) is 0 Å². The number of amides is 1. The quantitative estimate of drug-likeness (QED) is 0.542. The van der Waals surface area contributed by atoms with E-state index in [1.54, 1.807) is 6.07 Å². The molecule has 34 heavy (non-hydrogen) atoms. The Hall–Kier alpha value is -3.48. The van der Waals surface area contributed by atoms with E-state index in [0.29, 0.717) is 18.6 Å². The molecule has 4 rings (SSSR count). The van der Waals surface area contributed by atoms with E-state index in [4.69, 9.17) is 9.47 Å². The summed E-state index contributed by atoms with van der Waals surface area (Å²) in [4.78, 5) is 26.8. The number of ether oxygens (including phenoxy) is 2. The average Bonchev–Trinajstić information content (AvgIpc) is 3.19. The van der Waals surface area contributed by atoms with Crippen LogP contribution in [0.5, 0.6) is 0 Å². The van der Waals surface area contributed by atoms with E-state index in [1.807, 2.05) is 80.6 Å². The van der Waals surface area contributed by atoms with Gasteiger partial charge in [0.05, 0.1) is 24.6 Å². The predicted octanol–water partition coefficient (Wildman–Crippen LogP) is 3.95. The van der Waals surface area contributed by atoms with Gasteiger partial charge in [0, 0.05) is 0 Å². The van der Waals surface area contributed by atoms with Crippen molar-refractivity contribution in [3.8, 4) is 0 Å². The van der Waals surface area contributed by atoms with Crippen LogP contribution in [0.15, 0.2) is 72.8 Å². The van der Waals surface area contributed by atoms with Crippen molar-refractivity contribution in [2.75, 3.05) is 6.61 Å². The number of hydrogen-bond donors (Lipinski definition) is 1. The number of nitrogens with zero attached hydrogens (tertiary/aromatic N) is 1. The van der Waals surface area contributed by atoms with Crippen molar-refractivity contribution < 1.29 is 24.2 Å². The first-order valence-electron chi connectivity index (χ1n) is 11.4. The maximum Gasteiger partial charge on any atom is 0.338 e. The second kappa shape index (κ2) is 10.6. The van der Waals surface area contributed by atoms with Crippen LogP contribution in [-0.4, -0.2) is 40.9 Å². The second-order valence-corrected chi connectivity index (χ2v) is 8.69.